The van der Waals surface area contributed by atoms with E-state index in [-0.39, 0.29) is 0 Å². The van der Waals surface area contributed by atoms with Crippen LogP contribution in [0.3, 0.4) is 0 Å². The van der Waals surface area contributed by atoms with E-state index < -0.39 is 11.4 Å². The number of carbonyl (C=O) groups is 1. The van der Waals surface area contributed by atoms with Crippen LogP contribution < -0.4 is 4.90 Å². The summed E-state index contributed by atoms with van der Waals surface area (Å²) in [4.78, 5) is 13.8. The Morgan fingerprint density at radius 2 is 2.10 bits per heavy atom. The number of nitrogens with zero attached hydrogens (tertiary/aromatic N) is 2. The van der Waals surface area contributed by atoms with Crippen molar-refractivity contribution < 1.29 is 9.90 Å². The molecule has 1 aromatic carbocycles. The van der Waals surface area contributed by atoms with E-state index in [1.165, 1.54) is 0 Å². The monoisotopic (exact) mass is 286 g/mol. The predicted molar refractivity (Wildman–Crippen MR) is 82.3 cm³/mol. The summed E-state index contributed by atoms with van der Waals surface area (Å²) >= 11 is 0. The summed E-state index contributed by atoms with van der Waals surface area (Å²) in [7, 11) is 0. The smallest absolute Gasteiger partial charge is 0.309 e. The summed E-state index contributed by atoms with van der Waals surface area (Å²) in [6.07, 6.45) is 3.04. The number of carboxylic acid groups (broad SMARTS) is 1. The first-order chi connectivity index (χ1) is 10.0. The lowest BCUT2D eigenvalue weighted by Gasteiger charge is -2.40. The van der Waals surface area contributed by atoms with Crippen molar-refractivity contribution in [1.82, 2.24) is 0 Å². The molecule has 1 aromatic rings. The fourth-order valence-corrected chi connectivity index (χ4v) is 3.21. The van der Waals surface area contributed by atoms with Crippen LogP contribution in [0.25, 0.3) is 0 Å². The van der Waals surface area contributed by atoms with Gasteiger partial charge in [-0.25, -0.2) is 0 Å². The number of carboxylic acids is 1. The lowest BCUT2D eigenvalue weighted by molar-refractivity contribution is -0.150. The molecule has 0 atom stereocenters. The van der Waals surface area contributed by atoms with E-state index >= 15 is 0 Å². The van der Waals surface area contributed by atoms with Gasteiger partial charge in [-0.05, 0) is 49.9 Å². The molecule has 4 heteroatoms. The molecule has 0 aromatic heterocycles. The van der Waals surface area contributed by atoms with Gasteiger partial charge >= 0.3 is 5.97 Å². The lowest BCUT2D eigenvalue weighted by atomic mass is 9.75. The van der Waals surface area contributed by atoms with Gasteiger partial charge in [0.25, 0.3) is 0 Å². The van der Waals surface area contributed by atoms with Crippen molar-refractivity contribution in [1.29, 1.82) is 5.26 Å². The molecule has 4 nitrogen and oxygen atoms in total. The minimum Gasteiger partial charge on any atom is -0.481 e. The number of benzene rings is 1. The predicted octanol–water partition coefficient (Wildman–Crippen LogP) is 3.34. The molecule has 1 saturated heterocycles. The number of rotatable bonds is 4. The first kappa shape index (κ1) is 15.4. The maximum Gasteiger partial charge on any atom is 0.309 e. The maximum absolute atomic E-state index is 11.6. The summed E-state index contributed by atoms with van der Waals surface area (Å²) in [5.41, 5.74) is 2.20. The standard InChI is InChI=1S/C17H22N2O2/c1-3-6-17(16(20)21)7-9-19(10-8-17)15-5-4-14(12-18)13(2)11-15/h4-5,11H,3,6-10H2,1-2H3,(H,20,21). The van der Waals surface area contributed by atoms with Crippen LogP contribution in [0, 0.1) is 23.7 Å². The SMILES string of the molecule is CCCC1(C(=O)O)CCN(c2ccc(C#N)c(C)c2)CC1. The molecule has 1 N–H and O–H groups in total. The molecular formula is C17H22N2O2. The van der Waals surface area contributed by atoms with Crippen LogP contribution in [0.5, 0.6) is 0 Å². The van der Waals surface area contributed by atoms with E-state index in [1.807, 2.05) is 32.0 Å². The van der Waals surface area contributed by atoms with Gasteiger partial charge in [-0.1, -0.05) is 13.3 Å². The third-order valence-corrected chi connectivity index (χ3v) is 4.60. The van der Waals surface area contributed by atoms with Gasteiger partial charge in [-0.15, -0.1) is 0 Å². The number of anilines is 1. The Bertz CT molecular complexity index is 567. The topological polar surface area (TPSA) is 64.3 Å². The molecule has 0 spiro atoms. The Kier molecular flexibility index (Phi) is 4.52. The van der Waals surface area contributed by atoms with Gasteiger partial charge in [-0.3, -0.25) is 4.79 Å². The van der Waals surface area contributed by atoms with Crippen molar-refractivity contribution >= 4 is 11.7 Å². The molecule has 0 unspecified atom stereocenters. The van der Waals surface area contributed by atoms with Crippen LogP contribution in [-0.2, 0) is 4.79 Å². The molecule has 1 aliphatic rings. The van der Waals surface area contributed by atoms with Gasteiger partial charge in [0.1, 0.15) is 0 Å². The Hall–Kier alpha value is -2.02. The van der Waals surface area contributed by atoms with E-state index in [2.05, 4.69) is 11.0 Å². The van der Waals surface area contributed by atoms with Crippen molar-refractivity contribution in [3.8, 4) is 6.07 Å². The highest BCUT2D eigenvalue weighted by atomic mass is 16.4. The number of aryl methyl sites for hydroxylation is 1. The molecule has 21 heavy (non-hydrogen) atoms. The summed E-state index contributed by atoms with van der Waals surface area (Å²) < 4.78 is 0. The molecule has 1 aliphatic heterocycles. The Morgan fingerprint density at radius 1 is 1.43 bits per heavy atom. The van der Waals surface area contributed by atoms with Crippen LogP contribution in [0.15, 0.2) is 18.2 Å². The van der Waals surface area contributed by atoms with Gasteiger partial charge in [0, 0.05) is 18.8 Å². The fourth-order valence-electron chi connectivity index (χ4n) is 3.21. The number of piperidine rings is 1. The molecule has 0 bridgehead atoms. The molecule has 2 rings (SSSR count). The van der Waals surface area contributed by atoms with Crippen molar-refractivity contribution in [2.45, 2.75) is 39.5 Å². The number of hydrogen-bond acceptors (Lipinski definition) is 3. The molecule has 1 fully saturated rings. The Morgan fingerprint density at radius 3 is 2.57 bits per heavy atom. The van der Waals surface area contributed by atoms with E-state index in [1.54, 1.807) is 0 Å². The summed E-state index contributed by atoms with van der Waals surface area (Å²) in [5, 5.41) is 18.5. The van der Waals surface area contributed by atoms with E-state index in [0.29, 0.717) is 18.4 Å². The highest BCUT2D eigenvalue weighted by Crippen LogP contribution is 2.38. The molecular weight excluding hydrogens is 264 g/mol. The summed E-state index contributed by atoms with van der Waals surface area (Å²) in [6.45, 7) is 5.50. The van der Waals surface area contributed by atoms with Gasteiger partial charge in [0.15, 0.2) is 0 Å². The van der Waals surface area contributed by atoms with Gasteiger partial charge in [0.05, 0.1) is 17.0 Å². The minimum atomic E-state index is -0.653. The normalized spacial score (nSPS) is 17.3. The van der Waals surface area contributed by atoms with Crippen LogP contribution >= 0.6 is 0 Å². The molecule has 0 aliphatic carbocycles. The first-order valence-corrected chi connectivity index (χ1v) is 7.51. The van der Waals surface area contributed by atoms with Crippen molar-refractivity contribution in [3.63, 3.8) is 0 Å². The van der Waals surface area contributed by atoms with E-state index in [0.717, 1.165) is 37.2 Å². The number of aliphatic carboxylic acids is 1. The third kappa shape index (κ3) is 3.02. The van der Waals surface area contributed by atoms with Gasteiger partial charge in [0.2, 0.25) is 0 Å². The van der Waals surface area contributed by atoms with Crippen LogP contribution in [0.2, 0.25) is 0 Å². The van der Waals surface area contributed by atoms with Gasteiger partial charge in [-0.2, -0.15) is 5.26 Å². The molecule has 1 heterocycles. The largest absolute Gasteiger partial charge is 0.481 e. The highest BCUT2D eigenvalue weighted by Gasteiger charge is 2.40. The molecule has 0 amide bonds. The molecule has 0 radical (unpaired) electrons. The zero-order chi connectivity index (χ0) is 15.5. The van der Waals surface area contributed by atoms with Crippen molar-refractivity contribution in [2.75, 3.05) is 18.0 Å². The second-order valence-electron chi connectivity index (χ2n) is 5.93. The summed E-state index contributed by atoms with van der Waals surface area (Å²) in [5.74, 6) is -0.653. The molecule has 112 valence electrons. The van der Waals surface area contributed by atoms with Gasteiger partial charge < -0.3 is 10.0 Å². The highest BCUT2D eigenvalue weighted by molar-refractivity contribution is 5.75. The fraction of sp³-hybridized carbons (Fsp3) is 0.529. The minimum absolute atomic E-state index is 0.549. The van der Waals surface area contributed by atoms with Crippen LogP contribution in [0.1, 0.15) is 43.7 Å². The average molecular weight is 286 g/mol. The Labute approximate surface area is 126 Å². The zero-order valence-corrected chi connectivity index (χ0v) is 12.7. The van der Waals surface area contributed by atoms with Crippen LogP contribution in [0.4, 0.5) is 5.69 Å². The summed E-state index contributed by atoms with van der Waals surface area (Å²) in [6, 6.07) is 7.99. The number of hydrogen-bond donors (Lipinski definition) is 1. The zero-order valence-electron chi connectivity index (χ0n) is 12.7. The second kappa shape index (κ2) is 6.17. The molecule has 0 saturated carbocycles. The second-order valence-corrected chi connectivity index (χ2v) is 5.93. The third-order valence-electron chi connectivity index (χ3n) is 4.60. The van der Waals surface area contributed by atoms with Crippen molar-refractivity contribution in [2.24, 2.45) is 5.41 Å². The maximum atomic E-state index is 11.6. The van der Waals surface area contributed by atoms with E-state index in [4.69, 9.17) is 5.26 Å². The first-order valence-electron chi connectivity index (χ1n) is 7.51. The average Bonchev–Trinajstić information content (AvgIpc) is 2.48. The quantitative estimate of drug-likeness (QED) is 0.922. The Balaban J connectivity index is 2.12. The van der Waals surface area contributed by atoms with Crippen molar-refractivity contribution in [3.05, 3.63) is 29.3 Å². The number of nitriles is 1. The van der Waals surface area contributed by atoms with Crippen LogP contribution in [-0.4, -0.2) is 24.2 Å². The lowest BCUT2D eigenvalue weighted by Crippen LogP contribution is -2.44. The van der Waals surface area contributed by atoms with E-state index in [9.17, 15) is 9.90 Å².